The van der Waals surface area contributed by atoms with Crippen molar-refractivity contribution in [1.29, 1.82) is 0 Å². The van der Waals surface area contributed by atoms with Crippen LogP contribution in [0, 0.1) is 6.92 Å². The molecule has 0 radical (unpaired) electrons. The first-order chi connectivity index (χ1) is 6.95. The molecule has 0 saturated carbocycles. The molecule has 1 heterocycles. The molecule has 0 spiro atoms. The second-order valence-corrected chi connectivity index (χ2v) is 4.08. The lowest BCUT2D eigenvalue weighted by Gasteiger charge is -2.20. The molecule has 0 unspecified atom stereocenters. The topological polar surface area (TPSA) is 83.6 Å². The summed E-state index contributed by atoms with van der Waals surface area (Å²) in [5.41, 5.74) is 0.804. The quantitative estimate of drug-likeness (QED) is 0.456. The summed E-state index contributed by atoms with van der Waals surface area (Å²) < 4.78 is 0. The van der Waals surface area contributed by atoms with Gasteiger partial charge in [-0.1, -0.05) is 0 Å². The number of hydrazine groups is 1. The van der Waals surface area contributed by atoms with Crippen LogP contribution in [0.4, 0.5) is 0 Å². The van der Waals surface area contributed by atoms with Gasteiger partial charge in [0.1, 0.15) is 6.04 Å². The number of aliphatic carboxylic acids is 1. The largest absolute Gasteiger partial charge is 0.480 e. The molecular formula is C9H12N2O3S. The van der Waals surface area contributed by atoms with Gasteiger partial charge in [0.25, 0.3) is 5.91 Å². The van der Waals surface area contributed by atoms with Gasteiger partial charge in [-0.05, 0) is 30.9 Å². The van der Waals surface area contributed by atoms with Crippen LogP contribution in [0.25, 0.3) is 0 Å². The van der Waals surface area contributed by atoms with E-state index in [0.717, 1.165) is 10.6 Å². The van der Waals surface area contributed by atoms with Crippen molar-refractivity contribution in [2.75, 3.05) is 0 Å². The maximum Gasteiger partial charge on any atom is 0.327 e. The average molecular weight is 228 g/mol. The van der Waals surface area contributed by atoms with Crippen molar-refractivity contribution in [2.24, 2.45) is 5.84 Å². The molecule has 0 aliphatic heterocycles. The van der Waals surface area contributed by atoms with Crippen LogP contribution in [-0.4, -0.2) is 28.0 Å². The molecule has 15 heavy (non-hydrogen) atoms. The maximum atomic E-state index is 11.7. The van der Waals surface area contributed by atoms with E-state index in [9.17, 15) is 9.59 Å². The van der Waals surface area contributed by atoms with Crippen molar-refractivity contribution in [3.05, 3.63) is 21.9 Å². The van der Waals surface area contributed by atoms with Gasteiger partial charge in [0, 0.05) is 0 Å². The monoisotopic (exact) mass is 228 g/mol. The third-order valence-corrected chi connectivity index (χ3v) is 3.07. The van der Waals surface area contributed by atoms with Crippen LogP contribution in [0.2, 0.25) is 0 Å². The molecule has 5 nitrogen and oxygen atoms in total. The number of nitrogens with zero attached hydrogens (tertiary/aromatic N) is 1. The SMILES string of the molecule is Cc1ccsc1C(=O)N(N)[C@@H](C)C(=O)O. The normalized spacial score (nSPS) is 12.2. The van der Waals surface area contributed by atoms with Crippen molar-refractivity contribution in [1.82, 2.24) is 5.01 Å². The van der Waals surface area contributed by atoms with E-state index in [4.69, 9.17) is 10.9 Å². The fraction of sp³-hybridized carbons (Fsp3) is 0.333. The highest BCUT2D eigenvalue weighted by Crippen LogP contribution is 2.17. The lowest BCUT2D eigenvalue weighted by atomic mass is 10.2. The second-order valence-electron chi connectivity index (χ2n) is 3.16. The number of hydrogen-bond donors (Lipinski definition) is 2. The van der Waals surface area contributed by atoms with Gasteiger partial charge >= 0.3 is 5.97 Å². The Bertz CT molecular complexity index is 388. The summed E-state index contributed by atoms with van der Waals surface area (Å²) in [4.78, 5) is 22.8. The summed E-state index contributed by atoms with van der Waals surface area (Å²) >= 11 is 1.25. The molecule has 0 saturated heterocycles. The fourth-order valence-electron chi connectivity index (χ4n) is 1.00. The number of carboxylic acid groups (broad SMARTS) is 1. The number of rotatable bonds is 3. The molecule has 0 bridgehead atoms. The predicted molar refractivity (Wildman–Crippen MR) is 56.5 cm³/mol. The van der Waals surface area contributed by atoms with Crippen LogP contribution in [0.1, 0.15) is 22.2 Å². The van der Waals surface area contributed by atoms with Gasteiger partial charge in [-0.3, -0.25) is 9.80 Å². The van der Waals surface area contributed by atoms with Gasteiger partial charge in [-0.25, -0.2) is 10.6 Å². The van der Waals surface area contributed by atoms with Crippen LogP contribution in [0.5, 0.6) is 0 Å². The third kappa shape index (κ3) is 2.34. The molecular weight excluding hydrogens is 216 g/mol. The Morgan fingerprint density at radius 2 is 2.20 bits per heavy atom. The molecule has 1 atom stereocenters. The van der Waals surface area contributed by atoms with E-state index in [2.05, 4.69) is 0 Å². The molecule has 0 aromatic carbocycles. The van der Waals surface area contributed by atoms with Crippen LogP contribution in [-0.2, 0) is 4.79 Å². The first kappa shape index (κ1) is 11.7. The number of hydrogen-bond acceptors (Lipinski definition) is 4. The highest BCUT2D eigenvalue weighted by molar-refractivity contribution is 7.12. The molecule has 0 fully saturated rings. The lowest BCUT2D eigenvalue weighted by Crippen LogP contribution is -2.47. The Labute approximate surface area is 91.1 Å². The van der Waals surface area contributed by atoms with E-state index >= 15 is 0 Å². The Morgan fingerprint density at radius 3 is 2.60 bits per heavy atom. The highest BCUT2D eigenvalue weighted by Gasteiger charge is 2.25. The minimum Gasteiger partial charge on any atom is -0.480 e. The van der Waals surface area contributed by atoms with Crippen LogP contribution < -0.4 is 5.84 Å². The zero-order valence-corrected chi connectivity index (χ0v) is 9.25. The molecule has 1 aromatic heterocycles. The molecule has 0 aliphatic rings. The van der Waals surface area contributed by atoms with Crippen molar-refractivity contribution in [3.8, 4) is 0 Å². The highest BCUT2D eigenvalue weighted by atomic mass is 32.1. The number of carbonyl (C=O) groups excluding carboxylic acids is 1. The molecule has 0 aliphatic carbocycles. The molecule has 3 N–H and O–H groups in total. The van der Waals surface area contributed by atoms with Crippen molar-refractivity contribution < 1.29 is 14.7 Å². The Hall–Kier alpha value is -1.40. The molecule has 1 amide bonds. The first-order valence-corrected chi connectivity index (χ1v) is 5.18. The zero-order valence-electron chi connectivity index (χ0n) is 8.43. The Balaban J connectivity index is 2.86. The number of nitrogens with two attached hydrogens (primary N) is 1. The molecule has 6 heteroatoms. The fourth-order valence-corrected chi connectivity index (χ4v) is 1.87. The first-order valence-electron chi connectivity index (χ1n) is 4.30. The summed E-state index contributed by atoms with van der Waals surface area (Å²) in [5.74, 6) is 3.85. The third-order valence-electron chi connectivity index (χ3n) is 2.07. The van der Waals surface area contributed by atoms with E-state index in [0.29, 0.717) is 4.88 Å². The van der Waals surface area contributed by atoms with Crippen LogP contribution >= 0.6 is 11.3 Å². The zero-order chi connectivity index (χ0) is 11.6. The van der Waals surface area contributed by atoms with Crippen LogP contribution in [0.15, 0.2) is 11.4 Å². The summed E-state index contributed by atoms with van der Waals surface area (Å²) in [5, 5.41) is 11.2. The summed E-state index contributed by atoms with van der Waals surface area (Å²) in [7, 11) is 0. The van der Waals surface area contributed by atoms with E-state index < -0.39 is 17.9 Å². The van der Waals surface area contributed by atoms with Gasteiger partial charge < -0.3 is 5.11 Å². The van der Waals surface area contributed by atoms with Gasteiger partial charge in [0.2, 0.25) is 0 Å². The molecule has 82 valence electrons. The van der Waals surface area contributed by atoms with Crippen LogP contribution in [0.3, 0.4) is 0 Å². The number of carbonyl (C=O) groups is 2. The second kappa shape index (κ2) is 4.41. The lowest BCUT2D eigenvalue weighted by molar-refractivity contribution is -0.141. The number of carboxylic acids is 1. The predicted octanol–water partition coefficient (Wildman–Crippen LogP) is 0.846. The van der Waals surface area contributed by atoms with E-state index in [1.54, 1.807) is 18.4 Å². The standard InChI is InChI=1S/C9H12N2O3S/c1-5-3-4-15-7(5)8(12)11(10)6(2)9(13)14/h3-4,6H,10H2,1-2H3,(H,13,14)/t6-/m0/s1. The van der Waals surface area contributed by atoms with Gasteiger partial charge in [-0.2, -0.15) is 0 Å². The molecule has 1 aromatic rings. The van der Waals surface area contributed by atoms with E-state index in [1.165, 1.54) is 18.3 Å². The van der Waals surface area contributed by atoms with Gasteiger partial charge in [-0.15, -0.1) is 11.3 Å². The average Bonchev–Trinajstić information content (AvgIpc) is 2.60. The number of amides is 1. The van der Waals surface area contributed by atoms with Crippen molar-refractivity contribution in [2.45, 2.75) is 19.9 Å². The summed E-state index contributed by atoms with van der Waals surface area (Å²) in [6, 6.07) is 0.760. The van der Waals surface area contributed by atoms with Gasteiger partial charge in [0.05, 0.1) is 4.88 Å². The summed E-state index contributed by atoms with van der Waals surface area (Å²) in [6.45, 7) is 3.15. The summed E-state index contributed by atoms with van der Waals surface area (Å²) in [6.07, 6.45) is 0. The smallest absolute Gasteiger partial charge is 0.327 e. The Kier molecular flexibility index (Phi) is 3.43. The number of thiophene rings is 1. The van der Waals surface area contributed by atoms with Crippen molar-refractivity contribution >= 4 is 23.2 Å². The van der Waals surface area contributed by atoms with Gasteiger partial charge in [0.15, 0.2) is 0 Å². The minimum atomic E-state index is -1.12. The minimum absolute atomic E-state index is 0.461. The molecule has 1 rings (SSSR count). The maximum absolute atomic E-state index is 11.7. The van der Waals surface area contributed by atoms with E-state index in [-0.39, 0.29) is 0 Å². The van der Waals surface area contributed by atoms with E-state index in [1.807, 2.05) is 0 Å². The number of aryl methyl sites for hydroxylation is 1. The Morgan fingerprint density at radius 1 is 1.60 bits per heavy atom. The van der Waals surface area contributed by atoms with Crippen molar-refractivity contribution in [3.63, 3.8) is 0 Å².